The topological polar surface area (TPSA) is 90.4 Å². The van der Waals surface area contributed by atoms with Crippen molar-refractivity contribution in [3.05, 3.63) is 28.3 Å². The van der Waals surface area contributed by atoms with E-state index in [1.807, 2.05) is 6.92 Å². The molecule has 0 bridgehead atoms. The Morgan fingerprint density at radius 1 is 1.47 bits per heavy atom. The number of nitro groups is 1. The van der Waals surface area contributed by atoms with Gasteiger partial charge in [0.15, 0.2) is 0 Å². The second-order valence-corrected chi connectivity index (χ2v) is 4.89. The minimum atomic E-state index is -0.406. The van der Waals surface area contributed by atoms with Crippen molar-refractivity contribution in [1.29, 1.82) is 0 Å². The SMILES string of the molecule is CCCOc1cc(NC2CC(N)C2)cc([N+](=O)[O-])c1. The average Bonchev–Trinajstić information content (AvgIpc) is 2.34. The highest BCUT2D eigenvalue weighted by Crippen LogP contribution is 2.29. The van der Waals surface area contributed by atoms with E-state index in [1.165, 1.54) is 12.1 Å². The summed E-state index contributed by atoms with van der Waals surface area (Å²) in [6.45, 7) is 2.54. The molecule has 1 fully saturated rings. The van der Waals surface area contributed by atoms with Gasteiger partial charge in [-0.3, -0.25) is 10.1 Å². The highest BCUT2D eigenvalue weighted by molar-refractivity contribution is 5.57. The highest BCUT2D eigenvalue weighted by Gasteiger charge is 2.26. The number of hydrogen-bond donors (Lipinski definition) is 2. The smallest absolute Gasteiger partial charge is 0.275 e. The van der Waals surface area contributed by atoms with Crippen LogP contribution < -0.4 is 15.8 Å². The van der Waals surface area contributed by atoms with E-state index in [4.69, 9.17) is 10.5 Å². The molecule has 0 heterocycles. The van der Waals surface area contributed by atoms with E-state index in [2.05, 4.69) is 5.32 Å². The van der Waals surface area contributed by atoms with Crippen LogP contribution in [0.15, 0.2) is 18.2 Å². The van der Waals surface area contributed by atoms with Gasteiger partial charge < -0.3 is 15.8 Å². The van der Waals surface area contributed by atoms with E-state index in [9.17, 15) is 10.1 Å². The van der Waals surface area contributed by atoms with Crippen LogP contribution in [-0.2, 0) is 0 Å². The van der Waals surface area contributed by atoms with Gasteiger partial charge in [0.25, 0.3) is 5.69 Å². The van der Waals surface area contributed by atoms with Crippen molar-refractivity contribution in [1.82, 2.24) is 0 Å². The molecule has 6 heteroatoms. The first-order valence-electron chi connectivity index (χ1n) is 6.53. The van der Waals surface area contributed by atoms with Gasteiger partial charge in [-0.05, 0) is 19.3 Å². The lowest BCUT2D eigenvalue weighted by Crippen LogP contribution is -2.44. The van der Waals surface area contributed by atoms with Crippen molar-refractivity contribution in [3.8, 4) is 5.75 Å². The van der Waals surface area contributed by atoms with Gasteiger partial charge in [0.1, 0.15) is 5.75 Å². The molecule has 1 aromatic carbocycles. The predicted molar refractivity (Wildman–Crippen MR) is 73.5 cm³/mol. The van der Waals surface area contributed by atoms with Gasteiger partial charge in [0, 0.05) is 29.9 Å². The zero-order valence-corrected chi connectivity index (χ0v) is 11.0. The molecule has 104 valence electrons. The summed E-state index contributed by atoms with van der Waals surface area (Å²) in [4.78, 5) is 10.5. The lowest BCUT2D eigenvalue weighted by molar-refractivity contribution is -0.384. The molecule has 0 radical (unpaired) electrons. The first-order valence-corrected chi connectivity index (χ1v) is 6.53. The maximum absolute atomic E-state index is 10.9. The number of benzene rings is 1. The fraction of sp³-hybridized carbons (Fsp3) is 0.538. The first kappa shape index (κ1) is 13.6. The van der Waals surface area contributed by atoms with Crippen molar-refractivity contribution in [2.75, 3.05) is 11.9 Å². The number of ether oxygens (including phenoxy) is 1. The highest BCUT2D eigenvalue weighted by atomic mass is 16.6. The monoisotopic (exact) mass is 265 g/mol. The molecule has 1 saturated carbocycles. The van der Waals surface area contributed by atoms with Crippen LogP contribution in [-0.4, -0.2) is 23.6 Å². The second-order valence-electron chi connectivity index (χ2n) is 4.89. The Labute approximate surface area is 112 Å². The molecule has 3 N–H and O–H groups in total. The second kappa shape index (κ2) is 5.88. The molecular weight excluding hydrogens is 246 g/mol. The molecule has 6 nitrogen and oxygen atoms in total. The zero-order valence-electron chi connectivity index (χ0n) is 11.0. The molecule has 1 aromatic rings. The average molecular weight is 265 g/mol. The van der Waals surface area contributed by atoms with Gasteiger partial charge in [-0.15, -0.1) is 0 Å². The predicted octanol–water partition coefficient (Wildman–Crippen LogP) is 2.29. The summed E-state index contributed by atoms with van der Waals surface area (Å²) < 4.78 is 5.47. The fourth-order valence-corrected chi connectivity index (χ4v) is 2.09. The number of hydrogen-bond acceptors (Lipinski definition) is 5. The van der Waals surface area contributed by atoms with E-state index in [1.54, 1.807) is 6.07 Å². The molecule has 0 unspecified atom stereocenters. The molecule has 0 saturated heterocycles. The fourth-order valence-electron chi connectivity index (χ4n) is 2.09. The Hall–Kier alpha value is -1.82. The summed E-state index contributed by atoms with van der Waals surface area (Å²) in [5, 5.41) is 14.2. The number of nitro benzene ring substituents is 1. The first-order chi connectivity index (χ1) is 9.08. The number of nitrogens with one attached hydrogen (secondary N) is 1. The maximum Gasteiger partial charge on any atom is 0.275 e. The quantitative estimate of drug-likeness (QED) is 0.608. The van der Waals surface area contributed by atoms with Crippen molar-refractivity contribution < 1.29 is 9.66 Å². The van der Waals surface area contributed by atoms with Gasteiger partial charge in [-0.1, -0.05) is 6.92 Å². The molecule has 19 heavy (non-hydrogen) atoms. The summed E-state index contributed by atoms with van der Waals surface area (Å²) in [5.74, 6) is 0.530. The molecule has 1 aliphatic rings. The van der Waals surface area contributed by atoms with E-state index < -0.39 is 4.92 Å². The summed E-state index contributed by atoms with van der Waals surface area (Å²) in [5.41, 5.74) is 6.48. The third-order valence-electron chi connectivity index (χ3n) is 3.12. The van der Waals surface area contributed by atoms with Gasteiger partial charge >= 0.3 is 0 Å². The molecular formula is C13H19N3O3. The standard InChI is InChI=1S/C13H19N3O3/c1-2-3-19-13-7-11(6-12(8-13)16(17)18)15-10-4-9(14)5-10/h6-10,15H,2-5,14H2,1H3. The van der Waals surface area contributed by atoms with Crippen molar-refractivity contribution in [2.24, 2.45) is 5.73 Å². The van der Waals surface area contributed by atoms with Crippen LogP contribution in [0.2, 0.25) is 0 Å². The number of non-ortho nitro benzene ring substituents is 1. The Morgan fingerprint density at radius 3 is 2.79 bits per heavy atom. The Balaban J connectivity index is 2.11. The normalized spacial score (nSPS) is 21.6. The van der Waals surface area contributed by atoms with Crippen LogP contribution in [0.25, 0.3) is 0 Å². The third kappa shape index (κ3) is 3.57. The molecule has 0 spiro atoms. The van der Waals surface area contributed by atoms with Crippen molar-refractivity contribution in [2.45, 2.75) is 38.3 Å². The minimum Gasteiger partial charge on any atom is -0.493 e. The van der Waals surface area contributed by atoms with E-state index in [0.717, 1.165) is 24.9 Å². The van der Waals surface area contributed by atoms with Crippen LogP contribution in [0.4, 0.5) is 11.4 Å². The van der Waals surface area contributed by atoms with Gasteiger partial charge in [-0.2, -0.15) is 0 Å². The lowest BCUT2D eigenvalue weighted by atomic mass is 9.87. The lowest BCUT2D eigenvalue weighted by Gasteiger charge is -2.33. The van der Waals surface area contributed by atoms with Crippen LogP contribution >= 0.6 is 0 Å². The largest absolute Gasteiger partial charge is 0.493 e. The van der Waals surface area contributed by atoms with Gasteiger partial charge in [-0.25, -0.2) is 0 Å². The van der Waals surface area contributed by atoms with Crippen molar-refractivity contribution >= 4 is 11.4 Å². The summed E-state index contributed by atoms with van der Waals surface area (Å²) in [7, 11) is 0. The van der Waals surface area contributed by atoms with E-state index >= 15 is 0 Å². The van der Waals surface area contributed by atoms with E-state index in [-0.39, 0.29) is 11.7 Å². The molecule has 2 rings (SSSR count). The van der Waals surface area contributed by atoms with Crippen molar-refractivity contribution in [3.63, 3.8) is 0 Å². The number of anilines is 1. The molecule has 0 amide bonds. The number of nitrogens with zero attached hydrogens (tertiary/aromatic N) is 1. The maximum atomic E-state index is 10.9. The van der Waals surface area contributed by atoms with Gasteiger partial charge in [0.05, 0.1) is 17.6 Å². The van der Waals surface area contributed by atoms with Crippen LogP contribution in [0, 0.1) is 10.1 Å². The third-order valence-corrected chi connectivity index (χ3v) is 3.12. The summed E-state index contributed by atoms with van der Waals surface area (Å²) in [6, 6.07) is 5.32. The Bertz CT molecular complexity index is 458. The Kier molecular flexibility index (Phi) is 4.21. The van der Waals surface area contributed by atoms with Crippen LogP contribution in [0.3, 0.4) is 0 Å². The molecule has 0 aromatic heterocycles. The van der Waals surface area contributed by atoms with Crippen LogP contribution in [0.5, 0.6) is 5.75 Å². The zero-order chi connectivity index (χ0) is 13.8. The minimum absolute atomic E-state index is 0.0414. The number of nitrogens with two attached hydrogens (primary N) is 1. The van der Waals surface area contributed by atoms with Gasteiger partial charge in [0.2, 0.25) is 0 Å². The Morgan fingerprint density at radius 2 is 2.21 bits per heavy atom. The van der Waals surface area contributed by atoms with E-state index in [0.29, 0.717) is 18.4 Å². The number of rotatable bonds is 6. The summed E-state index contributed by atoms with van der Waals surface area (Å²) >= 11 is 0. The molecule has 0 atom stereocenters. The molecule has 0 aliphatic heterocycles. The van der Waals surface area contributed by atoms with Crippen LogP contribution in [0.1, 0.15) is 26.2 Å². The molecule has 1 aliphatic carbocycles. The summed E-state index contributed by atoms with van der Waals surface area (Å²) in [6.07, 6.45) is 2.66.